The Labute approximate surface area is 154 Å². The minimum Gasteiger partial charge on any atom is -0.360 e. The van der Waals surface area contributed by atoms with E-state index in [2.05, 4.69) is 15.3 Å². The van der Waals surface area contributed by atoms with E-state index in [1.807, 2.05) is 30.3 Å². The molecule has 0 bridgehead atoms. The molecule has 0 spiro atoms. The third-order valence-corrected chi connectivity index (χ3v) is 4.63. The highest BCUT2D eigenvalue weighted by Gasteiger charge is 2.33. The Kier molecular flexibility index (Phi) is 4.71. The molecule has 1 fully saturated rings. The first kappa shape index (κ1) is 16.8. The fourth-order valence-corrected chi connectivity index (χ4v) is 3.33. The Bertz CT molecular complexity index is 893. The van der Waals surface area contributed by atoms with Crippen molar-refractivity contribution in [2.75, 3.05) is 6.54 Å². The highest BCUT2D eigenvalue weighted by Crippen LogP contribution is 2.32. The minimum absolute atomic E-state index is 0.0273. The van der Waals surface area contributed by atoms with Gasteiger partial charge in [-0.2, -0.15) is 4.98 Å². The number of carbonyl (C=O) groups excluding carboxylic acids is 1. The van der Waals surface area contributed by atoms with Crippen molar-refractivity contribution in [3.63, 3.8) is 0 Å². The smallest absolute Gasteiger partial charge is 0.249 e. The van der Waals surface area contributed by atoms with Gasteiger partial charge in [-0.3, -0.25) is 4.79 Å². The molecule has 1 saturated heterocycles. The van der Waals surface area contributed by atoms with Crippen LogP contribution in [0, 0.1) is 0 Å². The lowest BCUT2D eigenvalue weighted by atomic mass is 10.2. The van der Waals surface area contributed by atoms with Crippen molar-refractivity contribution < 1.29 is 13.8 Å². The van der Waals surface area contributed by atoms with E-state index in [0.717, 1.165) is 18.4 Å². The van der Waals surface area contributed by atoms with E-state index < -0.39 is 0 Å². The molecule has 1 amide bonds. The number of nitrogens with zero attached hydrogens (tertiary/aromatic N) is 4. The molecule has 1 atom stereocenters. The Balaban J connectivity index is 1.44. The van der Waals surface area contributed by atoms with Crippen LogP contribution < -0.4 is 0 Å². The van der Waals surface area contributed by atoms with E-state index in [9.17, 15) is 4.79 Å². The Morgan fingerprint density at radius 2 is 2.08 bits per heavy atom. The number of likely N-dealkylation sites (tertiary alicyclic amines) is 1. The first-order valence-corrected chi connectivity index (χ1v) is 8.88. The van der Waals surface area contributed by atoms with Gasteiger partial charge in [0.15, 0.2) is 5.15 Å². The third-order valence-electron chi connectivity index (χ3n) is 4.45. The highest BCUT2D eigenvalue weighted by atomic mass is 35.5. The van der Waals surface area contributed by atoms with Crippen LogP contribution >= 0.6 is 11.6 Å². The molecular weight excluding hydrogens is 356 g/mol. The van der Waals surface area contributed by atoms with Crippen molar-refractivity contribution in [3.8, 4) is 11.4 Å². The summed E-state index contributed by atoms with van der Waals surface area (Å²) in [6.45, 7) is 0.684. The van der Waals surface area contributed by atoms with E-state index >= 15 is 0 Å². The van der Waals surface area contributed by atoms with Crippen LogP contribution in [0.15, 0.2) is 45.4 Å². The number of carbonyl (C=O) groups is 1. The molecule has 3 heterocycles. The topological polar surface area (TPSA) is 85.3 Å². The molecule has 4 rings (SSSR count). The van der Waals surface area contributed by atoms with Gasteiger partial charge in [-0.05, 0) is 12.8 Å². The zero-order chi connectivity index (χ0) is 17.9. The Morgan fingerprint density at radius 1 is 1.23 bits per heavy atom. The van der Waals surface area contributed by atoms with Gasteiger partial charge >= 0.3 is 0 Å². The zero-order valence-electron chi connectivity index (χ0n) is 14.0. The van der Waals surface area contributed by atoms with Crippen molar-refractivity contribution in [1.29, 1.82) is 0 Å². The van der Waals surface area contributed by atoms with Crippen molar-refractivity contribution in [2.24, 2.45) is 0 Å². The molecule has 0 aliphatic carbocycles. The van der Waals surface area contributed by atoms with Gasteiger partial charge in [0.2, 0.25) is 17.6 Å². The van der Waals surface area contributed by atoms with Crippen LogP contribution in [0.3, 0.4) is 0 Å². The monoisotopic (exact) mass is 372 g/mol. The maximum Gasteiger partial charge on any atom is 0.249 e. The lowest BCUT2D eigenvalue weighted by Gasteiger charge is -2.21. The summed E-state index contributed by atoms with van der Waals surface area (Å²) in [7, 11) is 0. The molecule has 1 aliphatic heterocycles. The molecule has 3 aromatic rings. The van der Waals surface area contributed by atoms with Crippen LogP contribution in [0.5, 0.6) is 0 Å². The molecule has 7 nitrogen and oxygen atoms in total. The molecule has 2 aromatic heterocycles. The van der Waals surface area contributed by atoms with Gasteiger partial charge in [-0.25, -0.2) is 0 Å². The van der Waals surface area contributed by atoms with Gasteiger partial charge in [0.1, 0.15) is 11.8 Å². The van der Waals surface area contributed by atoms with Gasteiger partial charge in [0, 0.05) is 31.0 Å². The second-order valence-electron chi connectivity index (χ2n) is 6.18. The number of aromatic nitrogens is 3. The average Bonchev–Trinajstić information content (AvgIpc) is 3.40. The number of benzene rings is 1. The Hall–Kier alpha value is -2.67. The standard InChI is InChI=1S/C18H17ClN4O3/c19-15-11-13(25-21-15)8-9-16(24)23-10-4-7-14(23)18-20-17(22-26-18)12-5-2-1-3-6-12/h1-3,5-6,11,14H,4,7-10H2/t14-/m1/s1. The van der Waals surface area contributed by atoms with Crippen LogP contribution in [0.4, 0.5) is 0 Å². The summed E-state index contributed by atoms with van der Waals surface area (Å²) >= 11 is 5.73. The number of halogens is 1. The van der Waals surface area contributed by atoms with Gasteiger partial charge < -0.3 is 13.9 Å². The molecule has 1 aliphatic rings. The lowest BCUT2D eigenvalue weighted by molar-refractivity contribution is -0.132. The van der Waals surface area contributed by atoms with Gasteiger partial charge in [-0.1, -0.05) is 52.2 Å². The molecular formula is C18H17ClN4O3. The predicted molar refractivity (Wildman–Crippen MR) is 93.3 cm³/mol. The number of hydrogen-bond acceptors (Lipinski definition) is 6. The first-order valence-electron chi connectivity index (χ1n) is 8.50. The average molecular weight is 373 g/mol. The summed E-state index contributed by atoms with van der Waals surface area (Å²) in [5, 5.41) is 7.97. The predicted octanol–water partition coefficient (Wildman–Crippen LogP) is 3.67. The van der Waals surface area contributed by atoms with Gasteiger partial charge in [-0.15, -0.1) is 0 Å². The van der Waals surface area contributed by atoms with Crippen molar-refractivity contribution >= 4 is 17.5 Å². The minimum atomic E-state index is -0.175. The first-order chi connectivity index (χ1) is 12.7. The highest BCUT2D eigenvalue weighted by molar-refractivity contribution is 6.29. The largest absolute Gasteiger partial charge is 0.360 e. The molecule has 0 saturated carbocycles. The molecule has 1 aromatic carbocycles. The third kappa shape index (κ3) is 3.48. The fraction of sp³-hybridized carbons (Fsp3) is 0.333. The number of hydrogen-bond donors (Lipinski definition) is 0. The van der Waals surface area contributed by atoms with Crippen LogP contribution in [0.1, 0.15) is 37.0 Å². The summed E-state index contributed by atoms with van der Waals surface area (Å²) in [6.07, 6.45) is 2.51. The summed E-state index contributed by atoms with van der Waals surface area (Å²) < 4.78 is 10.5. The zero-order valence-corrected chi connectivity index (χ0v) is 14.7. The SMILES string of the molecule is O=C(CCc1cc(Cl)no1)N1CCC[C@@H]1c1nc(-c2ccccc2)no1. The molecule has 0 N–H and O–H groups in total. The second-order valence-corrected chi connectivity index (χ2v) is 6.57. The second kappa shape index (κ2) is 7.29. The van der Waals surface area contributed by atoms with E-state index in [1.165, 1.54) is 0 Å². The molecule has 8 heteroatoms. The summed E-state index contributed by atoms with van der Waals surface area (Å²) in [5.74, 6) is 1.65. The van der Waals surface area contributed by atoms with E-state index in [0.29, 0.717) is 42.0 Å². The van der Waals surface area contributed by atoms with Crippen LogP contribution in [-0.4, -0.2) is 32.6 Å². The van der Waals surface area contributed by atoms with Crippen LogP contribution in [0.2, 0.25) is 5.15 Å². The molecule has 134 valence electrons. The van der Waals surface area contributed by atoms with Crippen molar-refractivity contribution in [2.45, 2.75) is 31.7 Å². The van der Waals surface area contributed by atoms with Crippen molar-refractivity contribution in [3.05, 3.63) is 53.2 Å². The van der Waals surface area contributed by atoms with Gasteiger partial charge in [0.25, 0.3) is 0 Å². The quantitative estimate of drug-likeness (QED) is 0.679. The van der Waals surface area contributed by atoms with E-state index in [4.69, 9.17) is 20.6 Å². The maximum absolute atomic E-state index is 12.6. The van der Waals surface area contributed by atoms with Crippen molar-refractivity contribution in [1.82, 2.24) is 20.2 Å². The normalized spacial score (nSPS) is 17.0. The Morgan fingerprint density at radius 3 is 2.85 bits per heavy atom. The molecule has 26 heavy (non-hydrogen) atoms. The van der Waals surface area contributed by atoms with Crippen LogP contribution in [-0.2, 0) is 11.2 Å². The number of aryl methyl sites for hydroxylation is 1. The maximum atomic E-state index is 12.6. The summed E-state index contributed by atoms with van der Waals surface area (Å²) in [6, 6.07) is 11.1. The molecule has 0 radical (unpaired) electrons. The fourth-order valence-electron chi connectivity index (χ4n) is 3.18. The lowest BCUT2D eigenvalue weighted by Crippen LogP contribution is -2.30. The van der Waals surface area contributed by atoms with E-state index in [-0.39, 0.29) is 11.9 Å². The van der Waals surface area contributed by atoms with Crippen LogP contribution in [0.25, 0.3) is 11.4 Å². The van der Waals surface area contributed by atoms with E-state index in [1.54, 1.807) is 11.0 Å². The summed E-state index contributed by atoms with van der Waals surface area (Å²) in [5.41, 5.74) is 0.889. The van der Waals surface area contributed by atoms with Gasteiger partial charge in [0.05, 0.1) is 0 Å². The molecule has 0 unspecified atom stereocenters. The number of rotatable bonds is 5. The summed E-state index contributed by atoms with van der Waals surface area (Å²) in [4.78, 5) is 18.9. The number of amides is 1.